The van der Waals surface area contributed by atoms with Gasteiger partial charge in [-0.2, -0.15) is 5.10 Å². The van der Waals surface area contributed by atoms with Gasteiger partial charge >= 0.3 is 0 Å². The molecule has 2 unspecified atom stereocenters. The predicted molar refractivity (Wildman–Crippen MR) is 61.6 cm³/mol. The molecule has 17 heavy (non-hydrogen) atoms. The van der Waals surface area contributed by atoms with Crippen LogP contribution in [-0.4, -0.2) is 34.1 Å². The molecule has 2 aliphatic rings. The Bertz CT molecular complexity index is 464. The fourth-order valence-corrected chi connectivity index (χ4v) is 3.03. The van der Waals surface area contributed by atoms with Crippen LogP contribution in [0.4, 0.5) is 0 Å². The molecule has 0 aromatic carbocycles. The lowest BCUT2D eigenvalue weighted by Crippen LogP contribution is -2.31. The van der Waals surface area contributed by atoms with Gasteiger partial charge in [0.05, 0.1) is 0 Å². The summed E-state index contributed by atoms with van der Waals surface area (Å²) in [5, 5.41) is 6.09. The molecule has 2 atom stereocenters. The van der Waals surface area contributed by atoms with Gasteiger partial charge < -0.3 is 4.90 Å². The Labute approximate surface area is 98.8 Å². The highest BCUT2D eigenvalue weighted by Gasteiger charge is 2.38. The van der Waals surface area contributed by atoms with Gasteiger partial charge in [0.1, 0.15) is 5.69 Å². The van der Waals surface area contributed by atoms with Gasteiger partial charge in [-0.15, -0.1) is 0 Å². The van der Waals surface area contributed by atoms with Gasteiger partial charge in [0, 0.05) is 19.2 Å². The molecule has 90 valence electrons. The molecule has 1 saturated carbocycles. The number of nitrogens with one attached hydrogen (secondary N) is 1. The topological polar surface area (TPSA) is 66.1 Å². The number of nitrogens with zero attached hydrogens (tertiary/aromatic N) is 2. The number of hydrogen-bond acceptors (Lipinski definition) is 3. The SMILES string of the molecule is O=C(c1ccc(=O)[nH]n1)N1CC2CCCC2C1. The molecule has 0 spiro atoms. The fourth-order valence-electron chi connectivity index (χ4n) is 3.03. The largest absolute Gasteiger partial charge is 0.337 e. The minimum atomic E-state index is -0.278. The lowest BCUT2D eigenvalue weighted by atomic mass is 10.0. The first-order valence-electron chi connectivity index (χ1n) is 6.09. The van der Waals surface area contributed by atoms with E-state index in [2.05, 4.69) is 10.2 Å². The predicted octanol–water partition coefficient (Wildman–Crippen LogP) is 0.642. The molecule has 0 bridgehead atoms. The zero-order chi connectivity index (χ0) is 11.8. The number of fused-ring (bicyclic) bond motifs is 1. The van der Waals surface area contributed by atoms with Crippen LogP contribution < -0.4 is 5.56 Å². The Hall–Kier alpha value is -1.65. The molecular formula is C12H15N3O2. The summed E-state index contributed by atoms with van der Waals surface area (Å²) in [6.07, 6.45) is 3.79. The van der Waals surface area contributed by atoms with E-state index in [4.69, 9.17) is 0 Å². The van der Waals surface area contributed by atoms with E-state index in [-0.39, 0.29) is 11.5 Å². The minimum Gasteiger partial charge on any atom is -0.337 e. The second-order valence-electron chi connectivity index (χ2n) is 4.97. The van der Waals surface area contributed by atoms with Crippen molar-refractivity contribution in [3.63, 3.8) is 0 Å². The fraction of sp³-hybridized carbons (Fsp3) is 0.583. The van der Waals surface area contributed by atoms with Gasteiger partial charge in [0.15, 0.2) is 0 Å². The first-order valence-corrected chi connectivity index (χ1v) is 6.09. The van der Waals surface area contributed by atoms with Gasteiger partial charge in [-0.25, -0.2) is 5.10 Å². The maximum absolute atomic E-state index is 12.1. The van der Waals surface area contributed by atoms with Crippen LogP contribution in [0.15, 0.2) is 16.9 Å². The van der Waals surface area contributed by atoms with E-state index in [1.54, 1.807) is 0 Å². The summed E-state index contributed by atoms with van der Waals surface area (Å²) >= 11 is 0. The van der Waals surface area contributed by atoms with Crippen LogP contribution in [0.2, 0.25) is 0 Å². The van der Waals surface area contributed by atoms with Crippen LogP contribution in [0.25, 0.3) is 0 Å². The van der Waals surface area contributed by atoms with Crippen molar-refractivity contribution < 1.29 is 4.79 Å². The minimum absolute atomic E-state index is 0.0596. The number of aromatic nitrogens is 2. The van der Waals surface area contributed by atoms with E-state index in [1.807, 2.05) is 4.90 Å². The number of hydrogen-bond donors (Lipinski definition) is 1. The number of H-pyrrole nitrogens is 1. The molecule has 1 aromatic rings. The second kappa shape index (κ2) is 3.98. The number of carbonyl (C=O) groups excluding carboxylic acids is 1. The van der Waals surface area contributed by atoms with Gasteiger partial charge in [-0.1, -0.05) is 6.42 Å². The summed E-state index contributed by atoms with van der Waals surface area (Å²) in [7, 11) is 0. The molecule has 5 nitrogen and oxygen atoms in total. The third-order valence-corrected chi connectivity index (χ3v) is 3.91. The van der Waals surface area contributed by atoms with Crippen LogP contribution in [0, 0.1) is 11.8 Å². The van der Waals surface area contributed by atoms with Crippen molar-refractivity contribution in [3.8, 4) is 0 Å². The van der Waals surface area contributed by atoms with Crippen molar-refractivity contribution in [2.45, 2.75) is 19.3 Å². The molecule has 3 rings (SSSR count). The van der Waals surface area contributed by atoms with Crippen molar-refractivity contribution in [2.75, 3.05) is 13.1 Å². The smallest absolute Gasteiger partial charge is 0.274 e. The van der Waals surface area contributed by atoms with E-state index >= 15 is 0 Å². The van der Waals surface area contributed by atoms with Crippen molar-refractivity contribution in [2.24, 2.45) is 11.8 Å². The molecule has 0 radical (unpaired) electrons. The lowest BCUT2D eigenvalue weighted by Gasteiger charge is -2.16. The quantitative estimate of drug-likeness (QED) is 0.774. The van der Waals surface area contributed by atoms with E-state index in [9.17, 15) is 9.59 Å². The normalized spacial score (nSPS) is 27.2. The Morgan fingerprint density at radius 1 is 1.29 bits per heavy atom. The molecule has 1 aliphatic carbocycles. The molecule has 2 heterocycles. The molecule has 1 amide bonds. The molecule has 1 N–H and O–H groups in total. The summed E-state index contributed by atoms with van der Waals surface area (Å²) < 4.78 is 0. The van der Waals surface area contributed by atoms with Gasteiger partial charge in [0.2, 0.25) is 0 Å². The number of amides is 1. The Balaban J connectivity index is 1.75. The van der Waals surface area contributed by atoms with Crippen LogP contribution in [0.1, 0.15) is 29.8 Å². The molecule has 5 heteroatoms. The zero-order valence-corrected chi connectivity index (χ0v) is 9.56. The molecule has 2 fully saturated rings. The van der Waals surface area contributed by atoms with Gasteiger partial charge in [0.25, 0.3) is 11.5 Å². The molecule has 1 aliphatic heterocycles. The highest BCUT2D eigenvalue weighted by Crippen LogP contribution is 2.37. The van der Waals surface area contributed by atoms with Gasteiger partial charge in [-0.3, -0.25) is 9.59 Å². The molecular weight excluding hydrogens is 218 g/mol. The number of aromatic amines is 1. The Kier molecular flexibility index (Phi) is 2.46. The van der Waals surface area contributed by atoms with E-state index in [0.717, 1.165) is 13.1 Å². The standard InChI is InChI=1S/C12H15N3O2/c16-11-5-4-10(13-14-11)12(17)15-6-8-2-1-3-9(8)7-15/h4-5,8-9H,1-3,6-7H2,(H,14,16). The first kappa shape index (κ1) is 10.5. The van der Waals surface area contributed by atoms with Crippen LogP contribution in [0.3, 0.4) is 0 Å². The molecule has 1 aromatic heterocycles. The molecule has 1 saturated heterocycles. The summed E-state index contributed by atoms with van der Waals surface area (Å²) in [6.45, 7) is 1.70. The van der Waals surface area contributed by atoms with Crippen molar-refractivity contribution in [1.82, 2.24) is 15.1 Å². The Morgan fingerprint density at radius 2 is 2.00 bits per heavy atom. The van der Waals surface area contributed by atoms with E-state index < -0.39 is 0 Å². The maximum atomic E-state index is 12.1. The summed E-state index contributed by atoms with van der Waals surface area (Å²) in [5.74, 6) is 1.30. The monoisotopic (exact) mass is 233 g/mol. The lowest BCUT2D eigenvalue weighted by molar-refractivity contribution is 0.0773. The average molecular weight is 233 g/mol. The van der Waals surface area contributed by atoms with Crippen LogP contribution in [-0.2, 0) is 0 Å². The van der Waals surface area contributed by atoms with Crippen LogP contribution in [0.5, 0.6) is 0 Å². The van der Waals surface area contributed by atoms with Crippen molar-refractivity contribution in [3.05, 3.63) is 28.2 Å². The number of rotatable bonds is 1. The number of carbonyl (C=O) groups is 1. The highest BCUT2D eigenvalue weighted by molar-refractivity contribution is 5.92. The maximum Gasteiger partial charge on any atom is 0.274 e. The summed E-state index contributed by atoms with van der Waals surface area (Å²) in [5.41, 5.74) is 0.0596. The summed E-state index contributed by atoms with van der Waals surface area (Å²) in [4.78, 5) is 24.9. The van der Waals surface area contributed by atoms with E-state index in [0.29, 0.717) is 17.5 Å². The first-order chi connectivity index (χ1) is 8.24. The van der Waals surface area contributed by atoms with Crippen molar-refractivity contribution in [1.29, 1.82) is 0 Å². The second-order valence-corrected chi connectivity index (χ2v) is 4.97. The highest BCUT2D eigenvalue weighted by atomic mass is 16.2. The van der Waals surface area contributed by atoms with E-state index in [1.165, 1.54) is 31.4 Å². The third-order valence-electron chi connectivity index (χ3n) is 3.91. The van der Waals surface area contributed by atoms with Crippen molar-refractivity contribution >= 4 is 5.91 Å². The van der Waals surface area contributed by atoms with Gasteiger partial charge in [-0.05, 0) is 30.7 Å². The third kappa shape index (κ3) is 1.85. The number of likely N-dealkylation sites (tertiary alicyclic amines) is 1. The average Bonchev–Trinajstić information content (AvgIpc) is 2.89. The summed E-state index contributed by atoms with van der Waals surface area (Å²) in [6, 6.07) is 2.84. The van der Waals surface area contributed by atoms with Crippen LogP contribution >= 0.6 is 0 Å². The zero-order valence-electron chi connectivity index (χ0n) is 9.56. The Morgan fingerprint density at radius 3 is 2.59 bits per heavy atom.